The second-order valence-electron chi connectivity index (χ2n) is 6.69. The van der Waals surface area contributed by atoms with Crippen molar-refractivity contribution in [2.75, 3.05) is 26.0 Å². The lowest BCUT2D eigenvalue weighted by Gasteiger charge is -2.11. The number of aromatic amines is 1. The molecule has 0 unspecified atom stereocenters. The summed E-state index contributed by atoms with van der Waals surface area (Å²) in [6.45, 7) is 0.299. The average Bonchev–Trinajstić information content (AvgIpc) is 2.93. The monoisotopic (exact) mass is 333 g/mol. The van der Waals surface area contributed by atoms with Gasteiger partial charge >= 0.3 is 0 Å². The van der Waals surface area contributed by atoms with E-state index in [1.165, 1.54) is 5.56 Å². The Labute approximate surface area is 145 Å². The molecular formula is C20H19N3O2. The second kappa shape index (κ2) is 5.86. The Hall–Kier alpha value is -2.92. The smallest absolute Gasteiger partial charge is 0.256 e. The quantitative estimate of drug-likeness (QED) is 0.606. The van der Waals surface area contributed by atoms with Crippen LogP contribution in [0, 0.1) is 0 Å². The number of likely N-dealkylation sites (N-methyl/N-ethyl adjacent to an activating group) is 1. The zero-order valence-electron chi connectivity index (χ0n) is 14.2. The molecule has 5 nitrogen and oxygen atoms in total. The summed E-state index contributed by atoms with van der Waals surface area (Å²) >= 11 is 0. The second-order valence-corrected chi connectivity index (χ2v) is 6.69. The fraction of sp³-hybridized carbons (Fsp3) is 0.200. The van der Waals surface area contributed by atoms with E-state index in [2.05, 4.69) is 16.4 Å². The lowest BCUT2D eigenvalue weighted by molar-refractivity contribution is -0.116. The van der Waals surface area contributed by atoms with E-state index in [4.69, 9.17) is 0 Å². The van der Waals surface area contributed by atoms with Crippen molar-refractivity contribution < 1.29 is 4.79 Å². The van der Waals surface area contributed by atoms with Crippen molar-refractivity contribution in [2.24, 2.45) is 0 Å². The van der Waals surface area contributed by atoms with Gasteiger partial charge in [0, 0.05) is 23.1 Å². The SMILES string of the molecule is CN(C)CC(=O)Nc1ccc2c3c([nH]c(=O)c2c1)-c1ccccc1C3. The van der Waals surface area contributed by atoms with E-state index in [1.54, 1.807) is 11.0 Å². The van der Waals surface area contributed by atoms with Gasteiger partial charge in [0.1, 0.15) is 0 Å². The lowest BCUT2D eigenvalue weighted by atomic mass is 10.0. The van der Waals surface area contributed by atoms with Gasteiger partial charge in [0.15, 0.2) is 0 Å². The van der Waals surface area contributed by atoms with Gasteiger partial charge in [-0.3, -0.25) is 9.59 Å². The molecule has 0 spiro atoms. The summed E-state index contributed by atoms with van der Waals surface area (Å²) < 4.78 is 0. The van der Waals surface area contributed by atoms with Gasteiger partial charge in [-0.1, -0.05) is 30.3 Å². The third-order valence-electron chi connectivity index (χ3n) is 4.53. The molecule has 3 aromatic rings. The zero-order valence-corrected chi connectivity index (χ0v) is 14.2. The van der Waals surface area contributed by atoms with E-state index in [9.17, 15) is 9.59 Å². The molecule has 1 aromatic heterocycles. The van der Waals surface area contributed by atoms with Gasteiger partial charge in [-0.2, -0.15) is 0 Å². The van der Waals surface area contributed by atoms with Gasteiger partial charge in [-0.25, -0.2) is 0 Å². The van der Waals surface area contributed by atoms with Crippen molar-refractivity contribution in [1.29, 1.82) is 0 Å². The van der Waals surface area contributed by atoms with Crippen molar-refractivity contribution in [3.05, 3.63) is 63.9 Å². The van der Waals surface area contributed by atoms with Crippen molar-refractivity contribution in [2.45, 2.75) is 6.42 Å². The normalized spacial score (nSPS) is 12.3. The molecule has 2 aromatic carbocycles. The van der Waals surface area contributed by atoms with Crippen LogP contribution in [0.15, 0.2) is 47.3 Å². The molecule has 0 fully saturated rings. The molecule has 1 heterocycles. The molecule has 0 bridgehead atoms. The highest BCUT2D eigenvalue weighted by atomic mass is 16.2. The first kappa shape index (κ1) is 15.6. The molecule has 2 N–H and O–H groups in total. The van der Waals surface area contributed by atoms with Crippen molar-refractivity contribution >= 4 is 22.4 Å². The molecule has 126 valence electrons. The number of benzene rings is 2. The van der Waals surface area contributed by atoms with Crippen LogP contribution in [-0.4, -0.2) is 36.4 Å². The van der Waals surface area contributed by atoms with Gasteiger partial charge in [0.25, 0.3) is 5.56 Å². The summed E-state index contributed by atoms with van der Waals surface area (Å²) in [5.74, 6) is -0.102. The van der Waals surface area contributed by atoms with Gasteiger partial charge in [-0.15, -0.1) is 0 Å². The van der Waals surface area contributed by atoms with E-state index in [0.29, 0.717) is 17.6 Å². The first-order chi connectivity index (χ1) is 12.0. The van der Waals surface area contributed by atoms with Crippen LogP contribution in [-0.2, 0) is 11.2 Å². The summed E-state index contributed by atoms with van der Waals surface area (Å²) in [4.78, 5) is 29.4. The summed E-state index contributed by atoms with van der Waals surface area (Å²) in [7, 11) is 3.68. The molecular weight excluding hydrogens is 314 g/mol. The number of nitrogens with one attached hydrogen (secondary N) is 2. The first-order valence-corrected chi connectivity index (χ1v) is 8.24. The van der Waals surface area contributed by atoms with Crippen LogP contribution in [0.5, 0.6) is 0 Å². The Bertz CT molecular complexity index is 1050. The molecule has 0 saturated carbocycles. The maximum Gasteiger partial charge on any atom is 0.256 e. The zero-order chi connectivity index (χ0) is 17.6. The number of hydrogen-bond acceptors (Lipinski definition) is 3. The fourth-order valence-electron chi connectivity index (χ4n) is 3.47. The minimum atomic E-state index is -0.130. The molecule has 0 atom stereocenters. The van der Waals surface area contributed by atoms with Crippen LogP contribution < -0.4 is 10.9 Å². The Morgan fingerprint density at radius 1 is 1.16 bits per heavy atom. The number of H-pyrrole nitrogens is 1. The Morgan fingerprint density at radius 2 is 1.96 bits per heavy atom. The van der Waals surface area contributed by atoms with Crippen LogP contribution in [0.25, 0.3) is 22.0 Å². The third-order valence-corrected chi connectivity index (χ3v) is 4.53. The van der Waals surface area contributed by atoms with Crippen LogP contribution in [0.2, 0.25) is 0 Å². The minimum absolute atomic E-state index is 0.102. The highest BCUT2D eigenvalue weighted by Crippen LogP contribution is 2.37. The first-order valence-electron chi connectivity index (χ1n) is 8.24. The molecule has 5 heteroatoms. The van der Waals surface area contributed by atoms with Gasteiger partial charge in [0.05, 0.1) is 12.2 Å². The number of hydrogen-bond donors (Lipinski definition) is 2. The largest absolute Gasteiger partial charge is 0.325 e. The highest BCUT2D eigenvalue weighted by molar-refractivity contribution is 5.98. The number of fused-ring (bicyclic) bond motifs is 5. The van der Waals surface area contributed by atoms with Gasteiger partial charge in [0.2, 0.25) is 5.91 Å². The van der Waals surface area contributed by atoms with E-state index < -0.39 is 0 Å². The number of carbonyl (C=O) groups excluding carboxylic acids is 1. The summed E-state index contributed by atoms with van der Waals surface area (Å²) in [6, 6.07) is 13.7. The molecule has 25 heavy (non-hydrogen) atoms. The topological polar surface area (TPSA) is 65.2 Å². The van der Waals surface area contributed by atoms with Gasteiger partial charge < -0.3 is 15.2 Å². The Morgan fingerprint density at radius 3 is 2.76 bits per heavy atom. The standard InChI is InChI=1S/C20H19N3O2/c1-23(2)11-18(24)21-13-7-8-15-16-9-12-5-3-4-6-14(12)19(16)22-20(25)17(15)10-13/h3-8,10H,9,11H2,1-2H3,(H,21,24)(H,22,25). The fourth-order valence-corrected chi connectivity index (χ4v) is 3.47. The van der Waals surface area contributed by atoms with E-state index in [1.807, 2.05) is 44.4 Å². The maximum atomic E-state index is 12.6. The van der Waals surface area contributed by atoms with Crippen LogP contribution in [0.1, 0.15) is 11.1 Å². The molecule has 1 aliphatic rings. The predicted octanol–water partition coefficient (Wildman–Crippen LogP) is 2.60. The molecule has 1 aliphatic carbocycles. The van der Waals surface area contributed by atoms with Crippen molar-refractivity contribution in [3.63, 3.8) is 0 Å². The molecule has 0 radical (unpaired) electrons. The maximum absolute atomic E-state index is 12.6. The number of carbonyl (C=O) groups is 1. The highest BCUT2D eigenvalue weighted by Gasteiger charge is 2.22. The van der Waals surface area contributed by atoms with Crippen molar-refractivity contribution in [1.82, 2.24) is 9.88 Å². The predicted molar refractivity (Wildman–Crippen MR) is 100.0 cm³/mol. The number of rotatable bonds is 3. The number of nitrogens with zero attached hydrogens (tertiary/aromatic N) is 1. The summed E-state index contributed by atoms with van der Waals surface area (Å²) in [5.41, 5.74) is 4.89. The number of amides is 1. The average molecular weight is 333 g/mol. The minimum Gasteiger partial charge on any atom is -0.325 e. The van der Waals surface area contributed by atoms with E-state index in [0.717, 1.165) is 28.6 Å². The number of pyridine rings is 1. The molecule has 1 amide bonds. The molecule has 4 rings (SSSR count). The molecule has 0 saturated heterocycles. The van der Waals surface area contributed by atoms with Crippen LogP contribution >= 0.6 is 0 Å². The van der Waals surface area contributed by atoms with Crippen LogP contribution in [0.3, 0.4) is 0 Å². The number of aromatic nitrogens is 1. The number of anilines is 1. The van der Waals surface area contributed by atoms with E-state index >= 15 is 0 Å². The van der Waals surface area contributed by atoms with Crippen LogP contribution in [0.4, 0.5) is 5.69 Å². The molecule has 0 aliphatic heterocycles. The summed E-state index contributed by atoms with van der Waals surface area (Å²) in [6.07, 6.45) is 0.811. The Kier molecular flexibility index (Phi) is 3.66. The lowest BCUT2D eigenvalue weighted by Crippen LogP contribution is -2.27. The van der Waals surface area contributed by atoms with Crippen molar-refractivity contribution in [3.8, 4) is 11.3 Å². The van der Waals surface area contributed by atoms with Gasteiger partial charge in [-0.05, 0) is 42.7 Å². The summed E-state index contributed by atoms with van der Waals surface area (Å²) in [5, 5.41) is 4.39. The Balaban J connectivity index is 1.78. The third kappa shape index (κ3) is 2.72. The van der Waals surface area contributed by atoms with E-state index in [-0.39, 0.29) is 11.5 Å².